The van der Waals surface area contributed by atoms with Crippen molar-refractivity contribution in [3.05, 3.63) is 48.0 Å². The summed E-state index contributed by atoms with van der Waals surface area (Å²) in [4.78, 5) is 8.08. The Balaban J connectivity index is 2.02. The fourth-order valence-corrected chi connectivity index (χ4v) is 1.87. The second kappa shape index (κ2) is 4.73. The number of pyridine rings is 1. The van der Waals surface area contributed by atoms with Crippen molar-refractivity contribution < 1.29 is 14.0 Å². The molecule has 1 aromatic carbocycles. The van der Waals surface area contributed by atoms with Gasteiger partial charge in [0.15, 0.2) is 0 Å². The number of halogens is 1. The molecule has 3 aromatic rings. The molecule has 100 valence electrons. The first-order chi connectivity index (χ1) is 9.63. The van der Waals surface area contributed by atoms with Crippen molar-refractivity contribution in [2.75, 3.05) is 0 Å². The SMILES string of the molecule is Cc1cc(F)ccc1-c1noc(-c2cncc(O)c2)n1. The van der Waals surface area contributed by atoms with Crippen LogP contribution in [0.25, 0.3) is 22.8 Å². The number of aryl methyl sites for hydroxylation is 1. The minimum absolute atomic E-state index is 0.0141. The summed E-state index contributed by atoms with van der Waals surface area (Å²) in [7, 11) is 0. The second-order valence-electron chi connectivity index (χ2n) is 4.31. The van der Waals surface area contributed by atoms with Gasteiger partial charge < -0.3 is 9.63 Å². The molecule has 0 spiro atoms. The fourth-order valence-electron chi connectivity index (χ4n) is 1.87. The molecule has 0 radical (unpaired) electrons. The van der Waals surface area contributed by atoms with Gasteiger partial charge in [-0.1, -0.05) is 5.16 Å². The number of hydrogen-bond donors (Lipinski definition) is 1. The van der Waals surface area contributed by atoms with Crippen LogP contribution in [0.1, 0.15) is 5.56 Å². The highest BCUT2D eigenvalue weighted by Gasteiger charge is 2.13. The lowest BCUT2D eigenvalue weighted by molar-refractivity contribution is 0.431. The summed E-state index contributed by atoms with van der Waals surface area (Å²) in [6.07, 6.45) is 2.82. The van der Waals surface area contributed by atoms with Crippen molar-refractivity contribution in [3.63, 3.8) is 0 Å². The average Bonchev–Trinajstić information content (AvgIpc) is 2.88. The summed E-state index contributed by atoms with van der Waals surface area (Å²) in [5, 5.41) is 13.2. The van der Waals surface area contributed by atoms with Gasteiger partial charge in [0.1, 0.15) is 11.6 Å². The zero-order valence-electron chi connectivity index (χ0n) is 10.5. The quantitative estimate of drug-likeness (QED) is 0.775. The van der Waals surface area contributed by atoms with E-state index in [0.29, 0.717) is 22.5 Å². The molecule has 0 unspecified atom stereocenters. The standard InChI is InChI=1S/C14H10FN3O2/c1-8-4-10(15)2-3-12(8)13-17-14(20-18-13)9-5-11(19)7-16-6-9/h2-7,19H,1H3. The summed E-state index contributed by atoms with van der Waals surface area (Å²) in [6.45, 7) is 1.77. The molecule has 0 aliphatic rings. The van der Waals surface area contributed by atoms with Crippen molar-refractivity contribution in [3.8, 4) is 28.6 Å². The third kappa shape index (κ3) is 2.23. The molecule has 20 heavy (non-hydrogen) atoms. The number of aromatic hydroxyl groups is 1. The van der Waals surface area contributed by atoms with Crippen LogP contribution in [0.4, 0.5) is 4.39 Å². The first kappa shape index (κ1) is 12.3. The summed E-state index contributed by atoms with van der Waals surface area (Å²) in [5.41, 5.74) is 1.92. The number of nitrogens with zero attached hydrogens (tertiary/aromatic N) is 3. The van der Waals surface area contributed by atoms with Crippen LogP contribution in [0.2, 0.25) is 0 Å². The Hall–Kier alpha value is -2.76. The summed E-state index contributed by atoms with van der Waals surface area (Å²) in [5.74, 6) is 0.306. The molecule has 1 N–H and O–H groups in total. The monoisotopic (exact) mass is 271 g/mol. The maximum Gasteiger partial charge on any atom is 0.259 e. The van der Waals surface area contributed by atoms with Crippen LogP contribution in [0.5, 0.6) is 5.75 Å². The van der Waals surface area contributed by atoms with Crippen LogP contribution >= 0.6 is 0 Å². The molecule has 0 amide bonds. The predicted octanol–water partition coefficient (Wildman–Crippen LogP) is 2.95. The van der Waals surface area contributed by atoms with E-state index in [1.54, 1.807) is 13.0 Å². The number of hydrogen-bond acceptors (Lipinski definition) is 5. The van der Waals surface area contributed by atoms with E-state index in [2.05, 4.69) is 15.1 Å². The lowest BCUT2D eigenvalue weighted by Gasteiger charge is -1.99. The van der Waals surface area contributed by atoms with Crippen molar-refractivity contribution in [2.45, 2.75) is 6.92 Å². The molecular formula is C14H10FN3O2. The van der Waals surface area contributed by atoms with E-state index >= 15 is 0 Å². The molecular weight excluding hydrogens is 261 g/mol. The summed E-state index contributed by atoms with van der Waals surface area (Å²) in [6, 6.07) is 5.82. The molecule has 6 heteroatoms. The molecule has 0 aliphatic heterocycles. The van der Waals surface area contributed by atoms with Gasteiger partial charge in [-0.05, 0) is 36.8 Å². The Bertz CT molecular complexity index is 771. The van der Waals surface area contributed by atoms with E-state index in [-0.39, 0.29) is 17.5 Å². The molecule has 0 bridgehead atoms. The predicted molar refractivity (Wildman–Crippen MR) is 69.3 cm³/mol. The first-order valence-corrected chi connectivity index (χ1v) is 5.88. The minimum Gasteiger partial charge on any atom is -0.506 e. The lowest BCUT2D eigenvalue weighted by atomic mass is 10.1. The van der Waals surface area contributed by atoms with Gasteiger partial charge in [-0.25, -0.2) is 4.39 Å². The van der Waals surface area contributed by atoms with Crippen molar-refractivity contribution in [1.82, 2.24) is 15.1 Å². The summed E-state index contributed by atoms with van der Waals surface area (Å²) >= 11 is 0. The Morgan fingerprint density at radius 1 is 1.20 bits per heavy atom. The third-order valence-corrected chi connectivity index (χ3v) is 2.83. The molecule has 0 saturated carbocycles. The Kier molecular flexibility index (Phi) is 2.90. The van der Waals surface area contributed by atoms with E-state index in [1.165, 1.54) is 30.6 Å². The van der Waals surface area contributed by atoms with Gasteiger partial charge in [-0.3, -0.25) is 4.98 Å². The largest absolute Gasteiger partial charge is 0.506 e. The molecule has 2 aromatic heterocycles. The van der Waals surface area contributed by atoms with E-state index in [9.17, 15) is 9.50 Å². The Morgan fingerprint density at radius 3 is 2.80 bits per heavy atom. The third-order valence-electron chi connectivity index (χ3n) is 2.83. The van der Waals surface area contributed by atoms with Crippen LogP contribution in [-0.2, 0) is 0 Å². The summed E-state index contributed by atoms with van der Waals surface area (Å²) < 4.78 is 18.2. The van der Waals surface area contributed by atoms with Crippen LogP contribution < -0.4 is 0 Å². The van der Waals surface area contributed by atoms with Crippen molar-refractivity contribution in [2.24, 2.45) is 0 Å². The van der Waals surface area contributed by atoms with Crippen LogP contribution in [-0.4, -0.2) is 20.2 Å². The van der Waals surface area contributed by atoms with Crippen molar-refractivity contribution >= 4 is 0 Å². The lowest BCUT2D eigenvalue weighted by Crippen LogP contribution is -1.87. The number of benzene rings is 1. The van der Waals surface area contributed by atoms with Gasteiger partial charge in [0, 0.05) is 11.8 Å². The highest BCUT2D eigenvalue weighted by molar-refractivity contribution is 5.62. The van der Waals surface area contributed by atoms with Gasteiger partial charge in [0.05, 0.1) is 11.8 Å². The molecule has 0 atom stereocenters. The van der Waals surface area contributed by atoms with Crippen molar-refractivity contribution in [1.29, 1.82) is 0 Å². The zero-order chi connectivity index (χ0) is 14.1. The van der Waals surface area contributed by atoms with E-state index in [0.717, 1.165) is 0 Å². The molecule has 0 fully saturated rings. The Labute approximate surface area is 113 Å². The van der Waals surface area contributed by atoms with Crippen LogP contribution in [0.15, 0.2) is 41.2 Å². The van der Waals surface area contributed by atoms with E-state index in [1.807, 2.05) is 0 Å². The van der Waals surface area contributed by atoms with E-state index < -0.39 is 0 Å². The highest BCUT2D eigenvalue weighted by Crippen LogP contribution is 2.25. The first-order valence-electron chi connectivity index (χ1n) is 5.88. The topological polar surface area (TPSA) is 72.0 Å². The number of rotatable bonds is 2. The van der Waals surface area contributed by atoms with Gasteiger partial charge in [-0.2, -0.15) is 4.98 Å². The van der Waals surface area contributed by atoms with Gasteiger partial charge in [0.2, 0.25) is 5.82 Å². The number of aromatic nitrogens is 3. The van der Waals surface area contributed by atoms with Crippen LogP contribution in [0.3, 0.4) is 0 Å². The fraction of sp³-hybridized carbons (Fsp3) is 0.0714. The molecule has 3 rings (SSSR count). The molecule has 5 nitrogen and oxygen atoms in total. The van der Waals surface area contributed by atoms with Crippen LogP contribution in [0, 0.1) is 12.7 Å². The maximum atomic E-state index is 13.1. The normalized spacial score (nSPS) is 10.7. The Morgan fingerprint density at radius 2 is 2.05 bits per heavy atom. The van der Waals surface area contributed by atoms with Gasteiger partial charge >= 0.3 is 0 Å². The molecule has 2 heterocycles. The second-order valence-corrected chi connectivity index (χ2v) is 4.31. The van der Waals surface area contributed by atoms with E-state index in [4.69, 9.17) is 4.52 Å². The molecule has 0 saturated heterocycles. The maximum absolute atomic E-state index is 13.1. The average molecular weight is 271 g/mol. The van der Waals surface area contributed by atoms with Gasteiger partial charge in [-0.15, -0.1) is 0 Å². The molecule has 0 aliphatic carbocycles. The zero-order valence-corrected chi connectivity index (χ0v) is 10.5. The highest BCUT2D eigenvalue weighted by atomic mass is 19.1. The van der Waals surface area contributed by atoms with Gasteiger partial charge in [0.25, 0.3) is 5.89 Å². The smallest absolute Gasteiger partial charge is 0.259 e. The minimum atomic E-state index is -0.313.